The van der Waals surface area contributed by atoms with Gasteiger partial charge in [0, 0.05) is 0 Å². The van der Waals surface area contributed by atoms with Gasteiger partial charge in [-0.3, -0.25) is 0 Å². The van der Waals surface area contributed by atoms with Gasteiger partial charge in [-0.1, -0.05) is 25.0 Å². The molecule has 1 nitrogen and oxygen atoms in total. The zero-order valence-electron chi connectivity index (χ0n) is 9.83. The van der Waals surface area contributed by atoms with Gasteiger partial charge in [0.25, 0.3) is 0 Å². The zero-order valence-corrected chi connectivity index (χ0v) is 11.4. The Morgan fingerprint density at radius 3 is 2.76 bits per heavy atom. The van der Waals surface area contributed by atoms with Crippen LogP contribution < -0.4 is 0 Å². The van der Waals surface area contributed by atoms with E-state index in [4.69, 9.17) is 0 Å². The van der Waals surface area contributed by atoms with E-state index in [-0.39, 0.29) is 5.82 Å². The summed E-state index contributed by atoms with van der Waals surface area (Å²) < 4.78 is 13.7. The maximum atomic E-state index is 13.3. The normalized spacial score (nSPS) is 12.4. The summed E-state index contributed by atoms with van der Waals surface area (Å²) in [4.78, 5) is 0. The molecule has 0 saturated heterocycles. The number of hydrogen-bond acceptors (Lipinski definition) is 1. The maximum Gasteiger partial charge on any atom is 0.137 e. The van der Waals surface area contributed by atoms with Crippen LogP contribution in [0.4, 0.5) is 4.39 Å². The minimum atomic E-state index is -0.568. The fraction of sp³-hybridized carbons (Fsp3) is 0.429. The minimum absolute atomic E-state index is 0.326. The molecule has 1 atom stereocenters. The number of aliphatic hydroxyl groups is 1. The van der Waals surface area contributed by atoms with Crippen molar-refractivity contribution in [1.82, 2.24) is 0 Å². The second kappa shape index (κ2) is 7.62. The number of allylic oxidation sites excluding steroid dienone is 1. The van der Waals surface area contributed by atoms with Crippen LogP contribution in [0.15, 0.2) is 35.3 Å². The molecule has 0 saturated carbocycles. The van der Waals surface area contributed by atoms with Gasteiger partial charge >= 0.3 is 0 Å². The van der Waals surface area contributed by atoms with Gasteiger partial charge in [0.15, 0.2) is 0 Å². The van der Waals surface area contributed by atoms with E-state index in [9.17, 15) is 9.50 Å². The lowest BCUT2D eigenvalue weighted by Gasteiger charge is -2.11. The Hall–Kier alpha value is -0.670. The molecular formula is C14H18BrFO. The van der Waals surface area contributed by atoms with Crippen LogP contribution >= 0.6 is 15.9 Å². The van der Waals surface area contributed by atoms with Gasteiger partial charge < -0.3 is 5.11 Å². The second-order valence-electron chi connectivity index (χ2n) is 4.12. The van der Waals surface area contributed by atoms with Crippen molar-refractivity contribution in [2.45, 2.75) is 38.2 Å². The molecular weight excluding hydrogens is 283 g/mol. The highest BCUT2D eigenvalue weighted by Crippen LogP contribution is 2.24. The Kier molecular flexibility index (Phi) is 6.45. The summed E-state index contributed by atoms with van der Waals surface area (Å²) >= 11 is 3.09. The summed E-state index contributed by atoms with van der Waals surface area (Å²) in [6, 6.07) is 4.77. The number of aliphatic hydroxyl groups excluding tert-OH is 1. The first-order valence-electron chi connectivity index (χ1n) is 5.89. The molecule has 3 heteroatoms. The average molecular weight is 301 g/mol. The van der Waals surface area contributed by atoms with E-state index in [1.165, 1.54) is 6.07 Å². The highest BCUT2D eigenvalue weighted by molar-refractivity contribution is 9.10. The monoisotopic (exact) mass is 300 g/mol. The van der Waals surface area contributed by atoms with E-state index in [1.807, 2.05) is 6.08 Å². The Labute approximate surface area is 110 Å². The lowest BCUT2D eigenvalue weighted by molar-refractivity contribution is 0.163. The molecule has 0 aliphatic heterocycles. The Morgan fingerprint density at radius 2 is 2.12 bits per heavy atom. The highest BCUT2D eigenvalue weighted by Gasteiger charge is 2.09. The lowest BCUT2D eigenvalue weighted by atomic mass is 10.0. The number of hydrogen-bond donors (Lipinski definition) is 1. The van der Waals surface area contributed by atoms with Gasteiger partial charge in [0.1, 0.15) is 5.82 Å². The molecule has 0 radical (unpaired) electrons. The van der Waals surface area contributed by atoms with Gasteiger partial charge in [-0.2, -0.15) is 0 Å². The van der Waals surface area contributed by atoms with E-state index in [0.29, 0.717) is 16.5 Å². The first kappa shape index (κ1) is 14.4. The molecule has 0 amide bonds. The Balaban J connectivity index is 2.38. The first-order chi connectivity index (χ1) is 8.15. The third-order valence-corrected chi connectivity index (χ3v) is 3.36. The summed E-state index contributed by atoms with van der Waals surface area (Å²) in [7, 11) is 0. The molecule has 94 valence electrons. The molecule has 0 bridgehead atoms. The van der Waals surface area contributed by atoms with Crippen molar-refractivity contribution >= 4 is 15.9 Å². The van der Waals surface area contributed by atoms with Crippen molar-refractivity contribution in [2.75, 3.05) is 0 Å². The van der Waals surface area contributed by atoms with Crippen molar-refractivity contribution in [3.63, 3.8) is 0 Å². The molecule has 1 N–H and O–H groups in total. The summed E-state index contributed by atoms with van der Waals surface area (Å²) in [6.07, 6.45) is 6.16. The van der Waals surface area contributed by atoms with Crippen LogP contribution in [-0.4, -0.2) is 5.11 Å². The second-order valence-corrected chi connectivity index (χ2v) is 4.97. The predicted octanol–water partition coefficient (Wildman–Crippen LogP) is 4.76. The number of halogens is 2. The molecule has 1 unspecified atom stereocenters. The third kappa shape index (κ3) is 5.00. The van der Waals surface area contributed by atoms with Crippen LogP contribution in [0.2, 0.25) is 0 Å². The lowest BCUT2D eigenvalue weighted by Crippen LogP contribution is -1.98. The Morgan fingerprint density at radius 1 is 1.35 bits per heavy atom. The molecule has 0 aliphatic carbocycles. The SMILES string of the molecule is C=CCCCCCC(O)c1ccc(Br)c(F)c1. The number of benzene rings is 1. The summed E-state index contributed by atoms with van der Waals surface area (Å²) in [5.74, 6) is -0.326. The van der Waals surface area contributed by atoms with Gasteiger partial charge in [-0.05, 0) is 52.9 Å². The summed E-state index contributed by atoms with van der Waals surface area (Å²) in [6.45, 7) is 3.66. The fourth-order valence-corrected chi connectivity index (χ4v) is 1.94. The standard InChI is InChI=1S/C14H18BrFO/c1-2-3-4-5-6-7-14(17)11-8-9-12(15)13(16)10-11/h2,8-10,14,17H,1,3-7H2. The number of rotatable bonds is 7. The van der Waals surface area contributed by atoms with Crippen LogP contribution in [-0.2, 0) is 0 Å². The third-order valence-electron chi connectivity index (χ3n) is 2.71. The topological polar surface area (TPSA) is 20.2 Å². The van der Waals surface area contributed by atoms with Crippen LogP contribution in [0.5, 0.6) is 0 Å². The van der Waals surface area contributed by atoms with Crippen LogP contribution in [0.25, 0.3) is 0 Å². The zero-order chi connectivity index (χ0) is 12.7. The molecule has 0 fully saturated rings. The highest BCUT2D eigenvalue weighted by atomic mass is 79.9. The average Bonchev–Trinajstić information content (AvgIpc) is 2.32. The summed E-state index contributed by atoms with van der Waals surface area (Å²) in [5, 5.41) is 9.89. The molecule has 0 heterocycles. The maximum absolute atomic E-state index is 13.3. The molecule has 1 aromatic rings. The van der Waals surface area contributed by atoms with E-state index >= 15 is 0 Å². The van der Waals surface area contributed by atoms with E-state index in [0.717, 1.165) is 25.7 Å². The quantitative estimate of drug-likeness (QED) is 0.569. The Bertz CT molecular complexity index is 365. The van der Waals surface area contributed by atoms with Gasteiger partial charge in [0.05, 0.1) is 10.6 Å². The molecule has 1 aromatic carbocycles. The molecule has 1 rings (SSSR count). The molecule has 0 aromatic heterocycles. The van der Waals surface area contributed by atoms with Crippen molar-refractivity contribution in [3.05, 3.63) is 46.7 Å². The summed E-state index contributed by atoms with van der Waals surface area (Å²) in [5.41, 5.74) is 0.648. The van der Waals surface area contributed by atoms with Crippen molar-refractivity contribution in [3.8, 4) is 0 Å². The van der Waals surface area contributed by atoms with Crippen LogP contribution in [0.3, 0.4) is 0 Å². The predicted molar refractivity (Wildman–Crippen MR) is 72.3 cm³/mol. The van der Waals surface area contributed by atoms with E-state index in [2.05, 4.69) is 22.5 Å². The van der Waals surface area contributed by atoms with Gasteiger partial charge in [-0.15, -0.1) is 6.58 Å². The molecule has 0 aliphatic rings. The van der Waals surface area contributed by atoms with Crippen molar-refractivity contribution in [1.29, 1.82) is 0 Å². The smallest absolute Gasteiger partial charge is 0.137 e. The largest absolute Gasteiger partial charge is 0.388 e. The van der Waals surface area contributed by atoms with E-state index in [1.54, 1.807) is 12.1 Å². The minimum Gasteiger partial charge on any atom is -0.388 e. The van der Waals surface area contributed by atoms with Crippen molar-refractivity contribution in [2.24, 2.45) is 0 Å². The molecule has 17 heavy (non-hydrogen) atoms. The molecule has 0 spiro atoms. The van der Waals surface area contributed by atoms with Crippen LogP contribution in [0, 0.1) is 5.82 Å². The number of unbranched alkanes of at least 4 members (excludes halogenated alkanes) is 3. The first-order valence-corrected chi connectivity index (χ1v) is 6.68. The van der Waals surface area contributed by atoms with Gasteiger partial charge in [0.2, 0.25) is 0 Å². The van der Waals surface area contributed by atoms with Crippen molar-refractivity contribution < 1.29 is 9.50 Å². The van der Waals surface area contributed by atoms with Crippen LogP contribution in [0.1, 0.15) is 43.8 Å². The van der Waals surface area contributed by atoms with E-state index < -0.39 is 6.10 Å². The van der Waals surface area contributed by atoms with Gasteiger partial charge in [-0.25, -0.2) is 4.39 Å². The fourth-order valence-electron chi connectivity index (χ4n) is 1.69.